The summed E-state index contributed by atoms with van der Waals surface area (Å²) >= 11 is 0. The Kier molecular flexibility index (Phi) is 6.03. The Hall–Kier alpha value is -1.10. The average molecular weight is 231 g/mol. The van der Waals surface area contributed by atoms with Crippen molar-refractivity contribution in [3.05, 3.63) is 0 Å². The number of hydrogen-bond acceptors (Lipinski definition) is 3. The van der Waals surface area contributed by atoms with E-state index in [1.807, 2.05) is 6.92 Å². The van der Waals surface area contributed by atoms with Crippen molar-refractivity contribution in [2.75, 3.05) is 13.7 Å². The van der Waals surface area contributed by atoms with Crippen molar-refractivity contribution >= 4 is 11.9 Å². The first kappa shape index (κ1) is 14.9. The zero-order chi connectivity index (χ0) is 12.8. The minimum Gasteiger partial charge on any atom is -0.480 e. The van der Waals surface area contributed by atoms with Crippen LogP contribution in [0.3, 0.4) is 0 Å². The molecule has 0 radical (unpaired) electrons. The smallest absolute Gasteiger partial charge is 0.329 e. The summed E-state index contributed by atoms with van der Waals surface area (Å²) in [6, 6.07) is 0. The average Bonchev–Trinajstić information content (AvgIpc) is 2.18. The number of carbonyl (C=O) groups is 2. The lowest BCUT2D eigenvalue weighted by atomic mass is 9.95. The van der Waals surface area contributed by atoms with Crippen LogP contribution >= 0.6 is 0 Å². The molecular weight excluding hydrogens is 210 g/mol. The van der Waals surface area contributed by atoms with E-state index in [2.05, 4.69) is 5.32 Å². The first-order chi connectivity index (χ1) is 7.37. The van der Waals surface area contributed by atoms with Gasteiger partial charge in [-0.1, -0.05) is 20.3 Å². The van der Waals surface area contributed by atoms with Crippen LogP contribution in [0.5, 0.6) is 0 Å². The summed E-state index contributed by atoms with van der Waals surface area (Å²) in [7, 11) is 1.51. The molecular formula is C11H21NO4. The predicted molar refractivity (Wildman–Crippen MR) is 60.1 cm³/mol. The van der Waals surface area contributed by atoms with Crippen LogP contribution in [-0.2, 0) is 14.3 Å². The van der Waals surface area contributed by atoms with E-state index >= 15 is 0 Å². The fraction of sp³-hybridized carbons (Fsp3) is 0.818. The molecule has 0 rings (SSSR count). The molecule has 0 fully saturated rings. The summed E-state index contributed by atoms with van der Waals surface area (Å²) in [6.45, 7) is 5.39. The SMILES string of the molecule is CCCC(C)(NC(=O)C(C)COC)C(=O)O. The zero-order valence-electron chi connectivity index (χ0n) is 10.4. The van der Waals surface area contributed by atoms with Crippen molar-refractivity contribution in [2.24, 2.45) is 5.92 Å². The number of hydrogen-bond donors (Lipinski definition) is 2. The summed E-state index contributed by atoms with van der Waals surface area (Å²) in [5, 5.41) is 11.6. The van der Waals surface area contributed by atoms with Crippen LogP contribution in [0.25, 0.3) is 0 Å². The van der Waals surface area contributed by atoms with Gasteiger partial charge in [-0.15, -0.1) is 0 Å². The highest BCUT2D eigenvalue weighted by molar-refractivity contribution is 5.87. The van der Waals surface area contributed by atoms with Crippen molar-refractivity contribution < 1.29 is 19.4 Å². The summed E-state index contributed by atoms with van der Waals surface area (Å²) in [5.41, 5.74) is -1.19. The quantitative estimate of drug-likeness (QED) is 0.686. The van der Waals surface area contributed by atoms with Crippen molar-refractivity contribution in [1.29, 1.82) is 0 Å². The topological polar surface area (TPSA) is 75.6 Å². The Morgan fingerprint density at radius 2 is 2.06 bits per heavy atom. The third-order valence-corrected chi connectivity index (χ3v) is 2.49. The Morgan fingerprint density at radius 1 is 1.50 bits per heavy atom. The molecule has 0 saturated heterocycles. The molecule has 0 heterocycles. The van der Waals surface area contributed by atoms with Crippen LogP contribution in [0, 0.1) is 5.92 Å². The highest BCUT2D eigenvalue weighted by atomic mass is 16.5. The number of carbonyl (C=O) groups excluding carboxylic acids is 1. The van der Waals surface area contributed by atoms with Gasteiger partial charge in [0, 0.05) is 7.11 Å². The summed E-state index contributed by atoms with van der Waals surface area (Å²) in [6.07, 6.45) is 1.11. The van der Waals surface area contributed by atoms with Crippen molar-refractivity contribution in [3.8, 4) is 0 Å². The van der Waals surface area contributed by atoms with Gasteiger partial charge in [0.1, 0.15) is 5.54 Å². The molecule has 94 valence electrons. The molecule has 0 aromatic rings. The van der Waals surface area contributed by atoms with Crippen LogP contribution in [0.1, 0.15) is 33.6 Å². The second-order valence-electron chi connectivity index (χ2n) is 4.23. The maximum Gasteiger partial charge on any atom is 0.329 e. The first-order valence-electron chi connectivity index (χ1n) is 5.41. The predicted octanol–water partition coefficient (Wildman–Crippen LogP) is 1.03. The van der Waals surface area contributed by atoms with E-state index in [4.69, 9.17) is 9.84 Å². The van der Waals surface area contributed by atoms with Crippen LogP contribution in [-0.4, -0.2) is 36.2 Å². The van der Waals surface area contributed by atoms with E-state index in [9.17, 15) is 9.59 Å². The van der Waals surface area contributed by atoms with Gasteiger partial charge in [0.15, 0.2) is 0 Å². The lowest BCUT2D eigenvalue weighted by Crippen LogP contribution is -2.53. The molecule has 0 aromatic carbocycles. The largest absolute Gasteiger partial charge is 0.480 e. The second kappa shape index (κ2) is 6.48. The molecule has 2 atom stereocenters. The monoisotopic (exact) mass is 231 g/mol. The molecule has 0 aliphatic carbocycles. The highest BCUT2D eigenvalue weighted by Crippen LogP contribution is 2.13. The van der Waals surface area contributed by atoms with E-state index in [-0.39, 0.29) is 18.4 Å². The molecule has 0 aliphatic heterocycles. The Bertz CT molecular complexity index is 254. The summed E-state index contributed by atoms with van der Waals surface area (Å²) in [4.78, 5) is 22.8. The first-order valence-corrected chi connectivity index (χ1v) is 5.41. The second-order valence-corrected chi connectivity index (χ2v) is 4.23. The Balaban J connectivity index is 4.52. The third kappa shape index (κ3) is 4.18. The van der Waals surface area contributed by atoms with E-state index < -0.39 is 11.5 Å². The number of methoxy groups -OCH3 is 1. The van der Waals surface area contributed by atoms with E-state index in [1.165, 1.54) is 14.0 Å². The van der Waals surface area contributed by atoms with Crippen molar-refractivity contribution in [2.45, 2.75) is 39.2 Å². The summed E-state index contributed by atoms with van der Waals surface area (Å²) < 4.78 is 4.85. The number of amides is 1. The normalized spacial score (nSPS) is 16.2. The van der Waals surface area contributed by atoms with Gasteiger partial charge in [-0.2, -0.15) is 0 Å². The van der Waals surface area contributed by atoms with Gasteiger partial charge in [-0.25, -0.2) is 4.79 Å². The Morgan fingerprint density at radius 3 is 2.44 bits per heavy atom. The van der Waals surface area contributed by atoms with Gasteiger partial charge in [0.25, 0.3) is 0 Å². The van der Waals surface area contributed by atoms with E-state index in [0.717, 1.165) is 0 Å². The van der Waals surface area contributed by atoms with E-state index in [1.54, 1.807) is 6.92 Å². The lowest BCUT2D eigenvalue weighted by Gasteiger charge is -2.27. The minimum atomic E-state index is -1.19. The molecule has 2 unspecified atom stereocenters. The van der Waals surface area contributed by atoms with Crippen LogP contribution in [0.15, 0.2) is 0 Å². The number of nitrogens with one attached hydrogen (secondary N) is 1. The number of rotatable bonds is 7. The van der Waals surface area contributed by atoms with Crippen LogP contribution in [0.2, 0.25) is 0 Å². The number of ether oxygens (including phenoxy) is 1. The van der Waals surface area contributed by atoms with E-state index in [0.29, 0.717) is 12.8 Å². The minimum absolute atomic E-state index is 0.285. The molecule has 0 saturated carbocycles. The fourth-order valence-corrected chi connectivity index (χ4v) is 1.44. The number of carboxylic acid groups (broad SMARTS) is 1. The maximum atomic E-state index is 11.7. The number of carboxylic acids is 1. The molecule has 0 aromatic heterocycles. The van der Waals surface area contributed by atoms with Gasteiger partial charge in [0.05, 0.1) is 12.5 Å². The third-order valence-electron chi connectivity index (χ3n) is 2.49. The molecule has 1 amide bonds. The molecule has 0 aliphatic rings. The van der Waals surface area contributed by atoms with Gasteiger partial charge in [-0.05, 0) is 13.3 Å². The molecule has 2 N–H and O–H groups in total. The highest BCUT2D eigenvalue weighted by Gasteiger charge is 2.34. The van der Waals surface area contributed by atoms with Gasteiger partial charge < -0.3 is 15.2 Å². The maximum absolute atomic E-state index is 11.7. The molecule has 5 nitrogen and oxygen atoms in total. The van der Waals surface area contributed by atoms with Crippen molar-refractivity contribution in [1.82, 2.24) is 5.32 Å². The molecule has 0 spiro atoms. The van der Waals surface area contributed by atoms with Crippen LogP contribution < -0.4 is 5.32 Å². The Labute approximate surface area is 96.2 Å². The summed E-state index contributed by atoms with van der Waals surface area (Å²) in [5.74, 6) is -1.65. The molecule has 16 heavy (non-hydrogen) atoms. The molecule has 0 bridgehead atoms. The van der Waals surface area contributed by atoms with Gasteiger partial charge in [-0.3, -0.25) is 4.79 Å². The number of aliphatic carboxylic acids is 1. The van der Waals surface area contributed by atoms with Crippen LogP contribution in [0.4, 0.5) is 0 Å². The van der Waals surface area contributed by atoms with Gasteiger partial charge in [0.2, 0.25) is 5.91 Å². The lowest BCUT2D eigenvalue weighted by molar-refractivity contribution is -0.148. The van der Waals surface area contributed by atoms with Crippen molar-refractivity contribution in [3.63, 3.8) is 0 Å². The zero-order valence-corrected chi connectivity index (χ0v) is 10.4. The fourth-order valence-electron chi connectivity index (χ4n) is 1.44. The van der Waals surface area contributed by atoms with Gasteiger partial charge >= 0.3 is 5.97 Å². The standard InChI is InChI=1S/C11H21NO4/c1-5-6-11(3,10(14)15)12-9(13)8(2)7-16-4/h8H,5-7H2,1-4H3,(H,12,13)(H,14,15). The molecule has 5 heteroatoms.